The maximum Gasteiger partial charge on any atom is 0.251 e. The van der Waals surface area contributed by atoms with Crippen molar-refractivity contribution in [3.05, 3.63) is 59.9 Å². The Morgan fingerprint density at radius 2 is 2.03 bits per heavy atom. The van der Waals surface area contributed by atoms with Crippen molar-refractivity contribution in [3.63, 3.8) is 0 Å². The standard InChI is InChI=1S/C23H26N4O2/c1-15(2)13-20(22-24-18-9-3-4-10-19(18)25-22)26-23(29)16-7-5-8-17(14-16)27-12-6-11-21(27)28/h3-5,7-10,14-15,20H,6,11-13H2,1-2H3,(H,24,25)(H,26,29)/t20-/m1/s1. The number of carbonyl (C=O) groups excluding carboxylic acids is 2. The van der Waals surface area contributed by atoms with E-state index in [4.69, 9.17) is 0 Å². The Bertz CT molecular complexity index is 1010. The number of aromatic amines is 1. The molecular formula is C23H26N4O2. The predicted molar refractivity (Wildman–Crippen MR) is 114 cm³/mol. The zero-order valence-electron chi connectivity index (χ0n) is 16.8. The minimum atomic E-state index is -0.216. The normalized spacial score (nSPS) is 15.3. The van der Waals surface area contributed by atoms with Gasteiger partial charge in [0.15, 0.2) is 0 Å². The molecule has 6 nitrogen and oxygen atoms in total. The van der Waals surface area contributed by atoms with Crippen molar-refractivity contribution in [2.24, 2.45) is 5.92 Å². The van der Waals surface area contributed by atoms with E-state index in [0.717, 1.165) is 35.4 Å². The number of imidazole rings is 1. The van der Waals surface area contributed by atoms with E-state index in [1.54, 1.807) is 17.0 Å². The summed E-state index contributed by atoms with van der Waals surface area (Å²) in [5, 5.41) is 3.13. The van der Waals surface area contributed by atoms with Crippen LogP contribution < -0.4 is 10.2 Å². The molecule has 150 valence electrons. The summed E-state index contributed by atoms with van der Waals surface area (Å²) in [4.78, 5) is 34.8. The topological polar surface area (TPSA) is 78.1 Å². The van der Waals surface area contributed by atoms with Gasteiger partial charge in [-0.15, -0.1) is 0 Å². The van der Waals surface area contributed by atoms with Crippen LogP contribution in [0.1, 0.15) is 55.3 Å². The predicted octanol–water partition coefficient (Wildman–Crippen LogP) is 4.21. The minimum Gasteiger partial charge on any atom is -0.342 e. The van der Waals surface area contributed by atoms with E-state index >= 15 is 0 Å². The van der Waals surface area contributed by atoms with E-state index in [1.807, 2.05) is 36.4 Å². The summed E-state index contributed by atoms with van der Waals surface area (Å²) in [5.74, 6) is 1.10. The fourth-order valence-electron chi connectivity index (χ4n) is 3.83. The molecule has 0 radical (unpaired) electrons. The fourth-order valence-corrected chi connectivity index (χ4v) is 3.83. The van der Waals surface area contributed by atoms with Crippen molar-refractivity contribution < 1.29 is 9.59 Å². The van der Waals surface area contributed by atoms with Gasteiger partial charge in [0, 0.05) is 24.2 Å². The summed E-state index contributed by atoms with van der Waals surface area (Å²) in [6, 6.07) is 14.9. The summed E-state index contributed by atoms with van der Waals surface area (Å²) in [6.45, 7) is 4.96. The Kier molecular flexibility index (Phi) is 5.34. The summed E-state index contributed by atoms with van der Waals surface area (Å²) in [6.07, 6.45) is 2.20. The molecule has 1 aromatic heterocycles. The van der Waals surface area contributed by atoms with Gasteiger partial charge in [-0.3, -0.25) is 9.59 Å². The zero-order valence-corrected chi connectivity index (χ0v) is 16.8. The third-order valence-electron chi connectivity index (χ3n) is 5.24. The second kappa shape index (κ2) is 8.07. The molecule has 0 spiro atoms. The summed E-state index contributed by atoms with van der Waals surface area (Å²) >= 11 is 0. The van der Waals surface area contributed by atoms with Crippen LogP contribution in [-0.4, -0.2) is 28.3 Å². The van der Waals surface area contributed by atoms with Gasteiger partial charge in [0.25, 0.3) is 5.91 Å². The number of amides is 2. The van der Waals surface area contributed by atoms with Gasteiger partial charge in [0.05, 0.1) is 17.1 Å². The zero-order chi connectivity index (χ0) is 20.4. The Hall–Kier alpha value is -3.15. The highest BCUT2D eigenvalue weighted by molar-refractivity contribution is 5.99. The molecular weight excluding hydrogens is 364 g/mol. The number of anilines is 1. The molecule has 1 aliphatic heterocycles. The van der Waals surface area contributed by atoms with Gasteiger partial charge >= 0.3 is 0 Å². The van der Waals surface area contributed by atoms with Crippen molar-refractivity contribution in [2.75, 3.05) is 11.4 Å². The second-order valence-electron chi connectivity index (χ2n) is 7.99. The number of hydrogen-bond acceptors (Lipinski definition) is 3. The van der Waals surface area contributed by atoms with Crippen molar-refractivity contribution >= 4 is 28.5 Å². The van der Waals surface area contributed by atoms with E-state index in [0.29, 0.717) is 24.4 Å². The molecule has 2 heterocycles. The molecule has 6 heteroatoms. The maximum atomic E-state index is 13.0. The minimum absolute atomic E-state index is 0.113. The molecule has 3 aromatic rings. The smallest absolute Gasteiger partial charge is 0.251 e. The lowest BCUT2D eigenvalue weighted by atomic mass is 10.0. The van der Waals surface area contributed by atoms with Crippen LogP contribution in [0.15, 0.2) is 48.5 Å². The third-order valence-corrected chi connectivity index (χ3v) is 5.24. The highest BCUT2D eigenvalue weighted by atomic mass is 16.2. The quantitative estimate of drug-likeness (QED) is 0.662. The van der Waals surface area contributed by atoms with Crippen LogP contribution in [-0.2, 0) is 4.79 Å². The van der Waals surface area contributed by atoms with Crippen LogP contribution >= 0.6 is 0 Å². The van der Waals surface area contributed by atoms with E-state index in [1.165, 1.54) is 0 Å². The molecule has 0 aliphatic carbocycles. The number of aromatic nitrogens is 2. The van der Waals surface area contributed by atoms with Gasteiger partial charge in [-0.1, -0.05) is 32.0 Å². The third kappa shape index (κ3) is 4.16. The highest BCUT2D eigenvalue weighted by Gasteiger charge is 2.24. The van der Waals surface area contributed by atoms with E-state index in [-0.39, 0.29) is 17.9 Å². The number of nitrogens with one attached hydrogen (secondary N) is 2. The van der Waals surface area contributed by atoms with Crippen molar-refractivity contribution in [2.45, 2.75) is 39.2 Å². The first-order chi connectivity index (χ1) is 14.0. The number of para-hydroxylation sites is 2. The molecule has 0 unspecified atom stereocenters. The van der Waals surface area contributed by atoms with E-state index < -0.39 is 0 Å². The number of carbonyl (C=O) groups is 2. The van der Waals surface area contributed by atoms with Crippen molar-refractivity contribution in [1.82, 2.24) is 15.3 Å². The number of H-pyrrole nitrogens is 1. The maximum absolute atomic E-state index is 13.0. The van der Waals surface area contributed by atoms with E-state index in [2.05, 4.69) is 29.1 Å². The number of benzene rings is 2. The van der Waals surface area contributed by atoms with Crippen LogP contribution in [0.2, 0.25) is 0 Å². The monoisotopic (exact) mass is 390 g/mol. The van der Waals surface area contributed by atoms with Gasteiger partial charge in [-0.2, -0.15) is 0 Å². The average molecular weight is 390 g/mol. The molecule has 2 aromatic carbocycles. The Labute approximate surface area is 170 Å². The summed E-state index contributed by atoms with van der Waals surface area (Å²) in [7, 11) is 0. The number of fused-ring (bicyclic) bond motifs is 1. The van der Waals surface area contributed by atoms with Crippen LogP contribution in [0.5, 0.6) is 0 Å². The fraction of sp³-hybridized carbons (Fsp3) is 0.348. The molecule has 1 fully saturated rings. The highest BCUT2D eigenvalue weighted by Crippen LogP contribution is 2.25. The van der Waals surface area contributed by atoms with Gasteiger partial charge in [-0.25, -0.2) is 4.98 Å². The lowest BCUT2D eigenvalue weighted by Crippen LogP contribution is -2.30. The van der Waals surface area contributed by atoms with Crippen LogP contribution in [0.4, 0.5) is 5.69 Å². The second-order valence-corrected chi connectivity index (χ2v) is 7.99. The van der Waals surface area contributed by atoms with Crippen LogP contribution in [0.3, 0.4) is 0 Å². The van der Waals surface area contributed by atoms with Gasteiger partial charge in [-0.05, 0) is 49.1 Å². The summed E-state index contributed by atoms with van der Waals surface area (Å²) in [5.41, 5.74) is 3.18. The lowest BCUT2D eigenvalue weighted by Gasteiger charge is -2.20. The SMILES string of the molecule is CC(C)C[C@@H](NC(=O)c1cccc(N2CCCC2=O)c1)c1nc2ccccc2[nH]1. The number of rotatable bonds is 6. The Morgan fingerprint density at radius 1 is 1.21 bits per heavy atom. The largest absolute Gasteiger partial charge is 0.342 e. The summed E-state index contributed by atoms with van der Waals surface area (Å²) < 4.78 is 0. The van der Waals surface area contributed by atoms with Gasteiger partial charge in [0.1, 0.15) is 5.82 Å². The molecule has 2 amide bonds. The number of hydrogen-bond donors (Lipinski definition) is 2. The lowest BCUT2D eigenvalue weighted by molar-refractivity contribution is -0.117. The molecule has 0 saturated carbocycles. The molecule has 1 atom stereocenters. The first-order valence-electron chi connectivity index (χ1n) is 10.2. The molecule has 29 heavy (non-hydrogen) atoms. The average Bonchev–Trinajstić information content (AvgIpc) is 3.33. The first kappa shape index (κ1) is 19.2. The van der Waals surface area contributed by atoms with E-state index in [9.17, 15) is 9.59 Å². The first-order valence-corrected chi connectivity index (χ1v) is 10.2. The molecule has 1 aliphatic rings. The van der Waals surface area contributed by atoms with Crippen molar-refractivity contribution in [1.29, 1.82) is 0 Å². The van der Waals surface area contributed by atoms with Gasteiger partial charge < -0.3 is 15.2 Å². The molecule has 1 saturated heterocycles. The Morgan fingerprint density at radius 3 is 2.76 bits per heavy atom. The van der Waals surface area contributed by atoms with Crippen LogP contribution in [0.25, 0.3) is 11.0 Å². The Balaban J connectivity index is 1.57. The van der Waals surface area contributed by atoms with Gasteiger partial charge in [0.2, 0.25) is 5.91 Å². The van der Waals surface area contributed by atoms with Crippen molar-refractivity contribution in [3.8, 4) is 0 Å². The molecule has 2 N–H and O–H groups in total. The molecule has 4 rings (SSSR count). The molecule has 0 bridgehead atoms. The number of nitrogens with zero attached hydrogens (tertiary/aromatic N) is 2. The van der Waals surface area contributed by atoms with Crippen LogP contribution in [0, 0.1) is 5.92 Å².